The second-order valence-corrected chi connectivity index (χ2v) is 4.05. The summed E-state index contributed by atoms with van der Waals surface area (Å²) in [6.07, 6.45) is 0.679. The molecule has 0 aliphatic carbocycles. The van der Waals surface area contributed by atoms with Crippen molar-refractivity contribution in [2.45, 2.75) is 13.3 Å². The Morgan fingerprint density at radius 3 is 2.60 bits per heavy atom. The highest BCUT2D eigenvalue weighted by atomic mass is 35.5. The molecule has 1 heterocycles. The maximum Gasteiger partial charge on any atom is 0.249 e. The fourth-order valence-electron chi connectivity index (χ4n) is 1.59. The summed E-state index contributed by atoms with van der Waals surface area (Å²) >= 11 is 5.78. The smallest absolute Gasteiger partial charge is 0.249 e. The Balaban J connectivity index is 2.12. The molecule has 0 bridgehead atoms. The van der Waals surface area contributed by atoms with Gasteiger partial charge >= 0.3 is 0 Å². The average Bonchev–Trinajstić information content (AvgIpc) is 2.53. The summed E-state index contributed by atoms with van der Waals surface area (Å²) in [5.74, 6) is -0.159. The van der Waals surface area contributed by atoms with Crippen molar-refractivity contribution in [3.8, 4) is 0 Å². The molecule has 0 saturated heterocycles. The van der Waals surface area contributed by atoms with Gasteiger partial charge < -0.3 is 0 Å². The van der Waals surface area contributed by atoms with Crippen molar-refractivity contribution in [1.82, 2.24) is 5.43 Å². The van der Waals surface area contributed by atoms with E-state index >= 15 is 0 Å². The van der Waals surface area contributed by atoms with Gasteiger partial charge in [-0.1, -0.05) is 23.7 Å². The molecule has 1 aromatic carbocycles. The molecule has 2 rings (SSSR count). The van der Waals surface area contributed by atoms with Crippen LogP contribution >= 0.6 is 11.6 Å². The molecule has 1 amide bonds. The van der Waals surface area contributed by atoms with Crippen LogP contribution in [-0.2, 0) is 11.2 Å². The van der Waals surface area contributed by atoms with E-state index in [0.29, 0.717) is 11.4 Å². The van der Waals surface area contributed by atoms with E-state index < -0.39 is 0 Å². The van der Waals surface area contributed by atoms with Gasteiger partial charge in [0.15, 0.2) is 0 Å². The van der Waals surface area contributed by atoms with Crippen LogP contribution in [0.25, 0.3) is 0 Å². The number of hydrogen-bond acceptors (Lipinski definition) is 2. The number of benzene rings is 1. The number of carbonyl (C=O) groups excluding carboxylic acids is 1. The van der Waals surface area contributed by atoms with Crippen LogP contribution < -0.4 is 5.43 Å². The SMILES string of the molecule is CC1=NNC(=O)C1Cc1ccc(Cl)cc1. The summed E-state index contributed by atoms with van der Waals surface area (Å²) in [6, 6.07) is 7.52. The highest BCUT2D eigenvalue weighted by Gasteiger charge is 2.26. The van der Waals surface area contributed by atoms with Gasteiger partial charge in [-0.2, -0.15) is 5.10 Å². The maximum atomic E-state index is 11.4. The molecule has 3 nitrogen and oxygen atoms in total. The average molecular weight is 223 g/mol. The third-order valence-electron chi connectivity index (χ3n) is 2.52. The largest absolute Gasteiger partial charge is 0.272 e. The van der Waals surface area contributed by atoms with Crippen LogP contribution in [0.5, 0.6) is 0 Å². The van der Waals surface area contributed by atoms with Crippen LogP contribution in [0, 0.1) is 5.92 Å². The van der Waals surface area contributed by atoms with Crippen molar-refractivity contribution in [3.63, 3.8) is 0 Å². The lowest BCUT2D eigenvalue weighted by Crippen LogP contribution is -2.24. The van der Waals surface area contributed by atoms with E-state index in [-0.39, 0.29) is 11.8 Å². The Kier molecular flexibility index (Phi) is 2.73. The zero-order valence-corrected chi connectivity index (χ0v) is 9.08. The first-order chi connectivity index (χ1) is 7.16. The van der Waals surface area contributed by atoms with Crippen LogP contribution in [-0.4, -0.2) is 11.6 Å². The summed E-state index contributed by atoms with van der Waals surface area (Å²) in [7, 11) is 0. The van der Waals surface area contributed by atoms with Gasteiger partial charge in [0.05, 0.1) is 5.92 Å². The summed E-state index contributed by atoms with van der Waals surface area (Å²) in [5.41, 5.74) is 4.41. The minimum Gasteiger partial charge on any atom is -0.272 e. The van der Waals surface area contributed by atoms with Crippen molar-refractivity contribution in [3.05, 3.63) is 34.9 Å². The number of amides is 1. The molecular formula is C11H11ClN2O. The van der Waals surface area contributed by atoms with Gasteiger partial charge in [-0.3, -0.25) is 4.79 Å². The number of hydrazone groups is 1. The first-order valence-electron chi connectivity index (χ1n) is 4.75. The number of rotatable bonds is 2. The number of nitrogens with zero attached hydrogens (tertiary/aromatic N) is 1. The molecule has 1 N–H and O–H groups in total. The van der Waals surface area contributed by atoms with E-state index in [1.54, 1.807) is 0 Å². The lowest BCUT2D eigenvalue weighted by molar-refractivity contribution is -0.122. The normalized spacial score (nSPS) is 20.0. The Labute approximate surface area is 93.1 Å². The topological polar surface area (TPSA) is 41.5 Å². The van der Waals surface area contributed by atoms with Crippen molar-refractivity contribution < 1.29 is 4.79 Å². The molecule has 4 heteroatoms. The molecule has 1 aromatic rings. The minimum atomic E-state index is -0.133. The fraction of sp³-hybridized carbons (Fsp3) is 0.273. The summed E-state index contributed by atoms with van der Waals surface area (Å²) in [4.78, 5) is 11.4. The van der Waals surface area contributed by atoms with Crippen molar-refractivity contribution in [1.29, 1.82) is 0 Å². The molecule has 1 aliphatic heterocycles. The van der Waals surface area contributed by atoms with Gasteiger partial charge in [0.2, 0.25) is 5.91 Å². The fourth-order valence-corrected chi connectivity index (χ4v) is 1.71. The highest BCUT2D eigenvalue weighted by Crippen LogP contribution is 2.16. The predicted molar refractivity (Wildman–Crippen MR) is 59.9 cm³/mol. The van der Waals surface area contributed by atoms with E-state index in [9.17, 15) is 4.79 Å². The minimum absolute atomic E-state index is 0.0255. The van der Waals surface area contributed by atoms with Gasteiger partial charge in [0.1, 0.15) is 0 Å². The third kappa shape index (κ3) is 2.18. The van der Waals surface area contributed by atoms with E-state index in [1.165, 1.54) is 0 Å². The second kappa shape index (κ2) is 4.03. The van der Waals surface area contributed by atoms with Crippen LogP contribution in [0.15, 0.2) is 29.4 Å². The molecule has 0 fully saturated rings. The van der Waals surface area contributed by atoms with Gasteiger partial charge in [0.25, 0.3) is 0 Å². The van der Waals surface area contributed by atoms with Crippen LogP contribution in [0.3, 0.4) is 0 Å². The van der Waals surface area contributed by atoms with Crippen molar-refractivity contribution in [2.75, 3.05) is 0 Å². The number of nitrogens with one attached hydrogen (secondary N) is 1. The Morgan fingerprint density at radius 1 is 1.40 bits per heavy atom. The first-order valence-corrected chi connectivity index (χ1v) is 5.13. The van der Waals surface area contributed by atoms with Crippen LogP contribution in [0.4, 0.5) is 0 Å². The predicted octanol–water partition coefficient (Wildman–Crippen LogP) is 2.00. The molecule has 0 radical (unpaired) electrons. The maximum absolute atomic E-state index is 11.4. The molecule has 1 unspecified atom stereocenters. The van der Waals surface area contributed by atoms with E-state index in [0.717, 1.165) is 11.3 Å². The Bertz CT molecular complexity index is 411. The number of halogens is 1. The molecule has 0 aromatic heterocycles. The van der Waals surface area contributed by atoms with E-state index in [2.05, 4.69) is 10.5 Å². The van der Waals surface area contributed by atoms with Gasteiger partial charge in [-0.15, -0.1) is 0 Å². The lowest BCUT2D eigenvalue weighted by Gasteiger charge is -2.07. The highest BCUT2D eigenvalue weighted by molar-refractivity contribution is 6.30. The Hall–Kier alpha value is -1.35. The van der Waals surface area contributed by atoms with E-state index in [4.69, 9.17) is 11.6 Å². The monoisotopic (exact) mass is 222 g/mol. The molecule has 1 atom stereocenters. The quantitative estimate of drug-likeness (QED) is 0.817. The van der Waals surface area contributed by atoms with Gasteiger partial charge in [-0.05, 0) is 31.0 Å². The molecule has 1 aliphatic rings. The number of carbonyl (C=O) groups is 1. The molecule has 0 saturated carbocycles. The number of hydrogen-bond donors (Lipinski definition) is 1. The lowest BCUT2D eigenvalue weighted by atomic mass is 9.96. The van der Waals surface area contributed by atoms with Gasteiger partial charge in [0, 0.05) is 10.7 Å². The summed E-state index contributed by atoms with van der Waals surface area (Å²) in [5, 5.41) is 4.61. The molecule has 78 valence electrons. The molecular weight excluding hydrogens is 212 g/mol. The van der Waals surface area contributed by atoms with Gasteiger partial charge in [-0.25, -0.2) is 5.43 Å². The molecule has 15 heavy (non-hydrogen) atoms. The van der Waals surface area contributed by atoms with Crippen LogP contribution in [0.1, 0.15) is 12.5 Å². The second-order valence-electron chi connectivity index (χ2n) is 3.61. The first kappa shape index (κ1) is 10.2. The zero-order valence-electron chi connectivity index (χ0n) is 8.33. The summed E-state index contributed by atoms with van der Waals surface area (Å²) < 4.78 is 0. The Morgan fingerprint density at radius 2 is 2.07 bits per heavy atom. The zero-order chi connectivity index (χ0) is 10.8. The molecule has 0 spiro atoms. The third-order valence-corrected chi connectivity index (χ3v) is 2.77. The van der Waals surface area contributed by atoms with Crippen molar-refractivity contribution in [2.24, 2.45) is 11.0 Å². The van der Waals surface area contributed by atoms with Crippen LogP contribution in [0.2, 0.25) is 5.02 Å². The van der Waals surface area contributed by atoms with Crippen molar-refractivity contribution >= 4 is 23.2 Å². The summed E-state index contributed by atoms with van der Waals surface area (Å²) in [6.45, 7) is 1.86. The standard InChI is InChI=1S/C11H11ClN2O/c1-7-10(11(15)14-13-7)6-8-2-4-9(12)5-3-8/h2-5,10H,6H2,1H3,(H,14,15). The van der Waals surface area contributed by atoms with E-state index in [1.807, 2.05) is 31.2 Å².